The van der Waals surface area contributed by atoms with Gasteiger partial charge in [0.1, 0.15) is 0 Å². The predicted molar refractivity (Wildman–Crippen MR) is 94.0 cm³/mol. The van der Waals surface area contributed by atoms with Crippen molar-refractivity contribution in [3.63, 3.8) is 0 Å². The number of hydrogen-bond donors (Lipinski definition) is 2. The fraction of sp³-hybridized carbons (Fsp3) is 0.500. The molecule has 0 heterocycles. The van der Waals surface area contributed by atoms with Gasteiger partial charge in [-0.25, -0.2) is 4.79 Å². The molecular weight excluding hydrogens is 348 g/mol. The standard InChI is InChI=1S/C16H22N2O6S/c1-10(2)6-7-25-14-5-4-11(8-12(14)18(22)23)15(19)17-9-13(24-3)16(20)21/h4-5,8,10,13H,6-7,9H2,1-3H3,(H,17,19)(H,20,21). The Hall–Kier alpha value is -2.13. The van der Waals surface area contributed by atoms with Crippen LogP contribution in [0.3, 0.4) is 0 Å². The minimum atomic E-state index is -1.20. The fourth-order valence-corrected chi connectivity index (χ4v) is 3.14. The van der Waals surface area contributed by atoms with Crippen LogP contribution in [0.2, 0.25) is 0 Å². The minimum absolute atomic E-state index is 0.0974. The SMILES string of the molecule is COC(CNC(=O)c1ccc(SCCC(C)C)c([N+](=O)[O-])c1)C(=O)O. The van der Waals surface area contributed by atoms with E-state index in [1.807, 2.05) is 0 Å². The number of rotatable bonds is 10. The van der Waals surface area contributed by atoms with Crippen LogP contribution in [0.1, 0.15) is 30.6 Å². The van der Waals surface area contributed by atoms with Crippen molar-refractivity contribution in [3.05, 3.63) is 33.9 Å². The van der Waals surface area contributed by atoms with Gasteiger partial charge in [-0.15, -0.1) is 11.8 Å². The Morgan fingerprint density at radius 3 is 2.60 bits per heavy atom. The number of nitrogens with zero attached hydrogens (tertiary/aromatic N) is 1. The molecule has 0 spiro atoms. The first-order valence-electron chi connectivity index (χ1n) is 7.71. The van der Waals surface area contributed by atoms with E-state index >= 15 is 0 Å². The Bertz CT molecular complexity index is 635. The highest BCUT2D eigenvalue weighted by molar-refractivity contribution is 7.99. The van der Waals surface area contributed by atoms with Crippen LogP contribution in [-0.4, -0.2) is 47.4 Å². The maximum absolute atomic E-state index is 12.1. The maximum atomic E-state index is 12.1. The number of carboxylic acid groups (broad SMARTS) is 1. The maximum Gasteiger partial charge on any atom is 0.334 e. The first-order chi connectivity index (χ1) is 11.8. The largest absolute Gasteiger partial charge is 0.479 e. The number of amides is 1. The van der Waals surface area contributed by atoms with E-state index in [0.29, 0.717) is 10.8 Å². The first kappa shape index (κ1) is 20.9. The summed E-state index contributed by atoms with van der Waals surface area (Å²) in [4.78, 5) is 34.2. The zero-order valence-electron chi connectivity index (χ0n) is 14.4. The minimum Gasteiger partial charge on any atom is -0.479 e. The molecule has 1 amide bonds. The van der Waals surface area contributed by atoms with Gasteiger partial charge in [0.25, 0.3) is 11.6 Å². The highest BCUT2D eigenvalue weighted by Gasteiger charge is 2.20. The topological polar surface area (TPSA) is 119 Å². The molecule has 1 aromatic carbocycles. The highest BCUT2D eigenvalue weighted by atomic mass is 32.2. The molecule has 1 atom stereocenters. The molecule has 8 nitrogen and oxygen atoms in total. The lowest BCUT2D eigenvalue weighted by Crippen LogP contribution is -2.37. The van der Waals surface area contributed by atoms with Gasteiger partial charge >= 0.3 is 5.97 Å². The van der Waals surface area contributed by atoms with Gasteiger partial charge in [0.15, 0.2) is 6.10 Å². The number of nitrogens with one attached hydrogen (secondary N) is 1. The molecule has 0 radical (unpaired) electrons. The smallest absolute Gasteiger partial charge is 0.334 e. The third kappa shape index (κ3) is 6.71. The summed E-state index contributed by atoms with van der Waals surface area (Å²) < 4.78 is 4.72. The fourth-order valence-electron chi connectivity index (χ4n) is 1.89. The summed E-state index contributed by atoms with van der Waals surface area (Å²) in [5, 5.41) is 22.5. The number of carboxylic acids is 1. The summed E-state index contributed by atoms with van der Waals surface area (Å²) in [6.07, 6.45) is -0.248. The van der Waals surface area contributed by atoms with Crippen molar-refractivity contribution in [1.29, 1.82) is 0 Å². The van der Waals surface area contributed by atoms with Crippen molar-refractivity contribution < 1.29 is 24.4 Å². The number of benzene rings is 1. The molecular formula is C16H22N2O6S. The third-order valence-electron chi connectivity index (χ3n) is 3.38. The highest BCUT2D eigenvalue weighted by Crippen LogP contribution is 2.31. The Kier molecular flexibility index (Phi) is 8.36. The molecule has 1 rings (SSSR count). The van der Waals surface area contributed by atoms with Gasteiger partial charge in [0.2, 0.25) is 0 Å². The third-order valence-corrected chi connectivity index (χ3v) is 4.47. The molecule has 2 N–H and O–H groups in total. The zero-order valence-corrected chi connectivity index (χ0v) is 15.2. The first-order valence-corrected chi connectivity index (χ1v) is 8.69. The summed E-state index contributed by atoms with van der Waals surface area (Å²) in [6, 6.07) is 4.24. The normalized spacial score (nSPS) is 12.0. The van der Waals surface area contributed by atoms with Gasteiger partial charge in [0, 0.05) is 18.7 Å². The van der Waals surface area contributed by atoms with Gasteiger partial charge < -0.3 is 15.2 Å². The van der Waals surface area contributed by atoms with E-state index in [2.05, 4.69) is 19.2 Å². The molecule has 0 fully saturated rings. The number of hydrogen-bond acceptors (Lipinski definition) is 6. The van der Waals surface area contributed by atoms with Gasteiger partial charge in [-0.2, -0.15) is 0 Å². The van der Waals surface area contributed by atoms with Crippen molar-refractivity contribution in [3.8, 4) is 0 Å². The van der Waals surface area contributed by atoms with Crippen LogP contribution < -0.4 is 5.32 Å². The zero-order chi connectivity index (χ0) is 19.0. The number of aliphatic carboxylic acids is 1. The lowest BCUT2D eigenvalue weighted by molar-refractivity contribution is -0.387. The number of ether oxygens (including phenoxy) is 1. The average Bonchev–Trinajstić information content (AvgIpc) is 2.54. The van der Waals surface area contributed by atoms with Crippen molar-refractivity contribution in [1.82, 2.24) is 5.32 Å². The molecule has 0 aliphatic heterocycles. The van der Waals surface area contributed by atoms with Crippen molar-refractivity contribution in [2.45, 2.75) is 31.3 Å². The summed E-state index contributed by atoms with van der Waals surface area (Å²) in [7, 11) is 1.22. The van der Waals surface area contributed by atoms with Crippen LogP contribution in [0.5, 0.6) is 0 Å². The summed E-state index contributed by atoms with van der Waals surface area (Å²) in [6.45, 7) is 3.92. The molecule has 0 aromatic heterocycles. The Morgan fingerprint density at radius 1 is 1.40 bits per heavy atom. The van der Waals surface area contributed by atoms with E-state index in [1.54, 1.807) is 6.07 Å². The molecule has 0 bridgehead atoms. The monoisotopic (exact) mass is 370 g/mol. The Balaban J connectivity index is 2.84. The van der Waals surface area contributed by atoms with Crippen LogP contribution >= 0.6 is 11.8 Å². The Morgan fingerprint density at radius 2 is 2.08 bits per heavy atom. The van der Waals surface area contributed by atoms with E-state index < -0.39 is 22.9 Å². The van der Waals surface area contributed by atoms with Gasteiger partial charge in [-0.1, -0.05) is 13.8 Å². The van der Waals surface area contributed by atoms with Crippen LogP contribution in [-0.2, 0) is 9.53 Å². The van der Waals surface area contributed by atoms with Crippen LogP contribution in [0.15, 0.2) is 23.1 Å². The second-order valence-electron chi connectivity index (χ2n) is 5.74. The number of nitro benzene ring substituents is 1. The molecule has 138 valence electrons. The van der Waals surface area contributed by atoms with Crippen molar-refractivity contribution >= 4 is 29.3 Å². The van der Waals surface area contributed by atoms with E-state index in [-0.39, 0.29) is 17.8 Å². The molecule has 25 heavy (non-hydrogen) atoms. The molecule has 0 saturated carbocycles. The lowest BCUT2D eigenvalue weighted by atomic mass is 10.2. The van der Waals surface area contributed by atoms with Crippen LogP contribution in [0.4, 0.5) is 5.69 Å². The van der Waals surface area contributed by atoms with Crippen molar-refractivity contribution in [2.75, 3.05) is 19.4 Å². The lowest BCUT2D eigenvalue weighted by Gasteiger charge is -2.12. The summed E-state index contributed by atoms with van der Waals surface area (Å²) in [5.41, 5.74) is -0.0388. The average molecular weight is 370 g/mol. The van der Waals surface area contributed by atoms with Gasteiger partial charge in [0.05, 0.1) is 16.4 Å². The van der Waals surface area contributed by atoms with Gasteiger partial charge in [-0.05, 0) is 30.2 Å². The van der Waals surface area contributed by atoms with E-state index in [1.165, 1.54) is 31.0 Å². The van der Waals surface area contributed by atoms with Crippen LogP contribution in [0, 0.1) is 16.0 Å². The van der Waals surface area contributed by atoms with Crippen LogP contribution in [0.25, 0.3) is 0 Å². The summed E-state index contributed by atoms with van der Waals surface area (Å²) >= 11 is 1.38. The second kappa shape index (κ2) is 10.00. The predicted octanol–water partition coefficient (Wildman–Crippen LogP) is 2.56. The number of thioether (sulfide) groups is 1. The number of carbonyl (C=O) groups is 2. The second-order valence-corrected chi connectivity index (χ2v) is 6.88. The molecule has 9 heteroatoms. The quantitative estimate of drug-likeness (QED) is 0.369. The molecule has 1 aromatic rings. The molecule has 0 saturated heterocycles. The number of carbonyl (C=O) groups excluding carboxylic acids is 1. The molecule has 1 unspecified atom stereocenters. The van der Waals surface area contributed by atoms with Gasteiger partial charge in [-0.3, -0.25) is 14.9 Å². The molecule has 0 aliphatic rings. The number of methoxy groups -OCH3 is 1. The summed E-state index contributed by atoms with van der Waals surface area (Å²) in [5.74, 6) is -0.548. The van der Waals surface area contributed by atoms with E-state index in [4.69, 9.17) is 9.84 Å². The van der Waals surface area contributed by atoms with E-state index in [0.717, 1.165) is 12.2 Å². The van der Waals surface area contributed by atoms with E-state index in [9.17, 15) is 19.7 Å². The molecule has 0 aliphatic carbocycles. The number of nitro groups is 1. The van der Waals surface area contributed by atoms with Crippen molar-refractivity contribution in [2.24, 2.45) is 5.92 Å². The Labute approximate surface area is 150 Å².